The lowest BCUT2D eigenvalue weighted by molar-refractivity contribution is -0.137. The maximum atomic E-state index is 17.3. The van der Waals surface area contributed by atoms with Crippen LogP contribution in [0.3, 0.4) is 0 Å². The number of hydrogen-bond acceptors (Lipinski definition) is 7. The molecule has 4 heterocycles. The number of halogens is 6. The Labute approximate surface area is 294 Å². The number of benzene rings is 1. The van der Waals surface area contributed by atoms with Crippen LogP contribution in [0.4, 0.5) is 38.0 Å². The molecule has 2 unspecified atom stereocenters. The van der Waals surface area contributed by atoms with E-state index < -0.39 is 35.9 Å². The fourth-order valence-electron chi connectivity index (χ4n) is 8.69. The van der Waals surface area contributed by atoms with E-state index in [9.17, 15) is 32.2 Å². The molecule has 0 amide bonds. The van der Waals surface area contributed by atoms with Crippen LogP contribution in [-0.2, 0) is 12.6 Å². The number of rotatable bonds is 6. The topological polar surface area (TPSA) is 85.6 Å². The minimum atomic E-state index is -4.59. The van der Waals surface area contributed by atoms with Crippen molar-refractivity contribution in [3.8, 4) is 0 Å². The van der Waals surface area contributed by atoms with Crippen LogP contribution in [0, 0.1) is 5.41 Å². The second-order valence-electron chi connectivity index (χ2n) is 15.7. The first-order chi connectivity index (χ1) is 24.1. The Morgan fingerprint density at radius 1 is 0.843 bits per heavy atom. The molecular formula is C38H45F6N5O2. The number of anilines is 2. The highest BCUT2D eigenvalue weighted by Crippen LogP contribution is 2.52. The van der Waals surface area contributed by atoms with Crippen molar-refractivity contribution in [3.63, 3.8) is 0 Å². The number of nitrogens with zero attached hydrogens (tertiary/aromatic N) is 5. The van der Waals surface area contributed by atoms with Gasteiger partial charge >= 0.3 is 6.18 Å². The average molecular weight is 718 g/mol. The maximum absolute atomic E-state index is 17.3. The summed E-state index contributed by atoms with van der Waals surface area (Å²) in [5.74, 6) is -2.97. The number of hydrogen-bond donors (Lipinski definition) is 2. The standard InChI is InChI=1S/C38H45F6N5O2/c1-36(2)17-28-31(29(51)18-36)30(22-7-12-37(40,41)13-8-22)32(33(39)23-3-5-25(6-4-23)38(42,43)44)34(47-28)24-9-14-48(15-10-24)35-45-19-26(20-46-35)49-16-11-27(50)21-49/h3-6,19-20,22,24,27,29,33,50-51H,7-18,21H2,1-2H3/t27-,29?,33?/m0/s1. The van der Waals surface area contributed by atoms with Gasteiger partial charge < -0.3 is 20.0 Å². The molecule has 13 heteroatoms. The Morgan fingerprint density at radius 3 is 2.06 bits per heavy atom. The second-order valence-corrected chi connectivity index (χ2v) is 15.7. The lowest BCUT2D eigenvalue weighted by atomic mass is 9.68. The normalized spacial score (nSPS) is 24.8. The monoisotopic (exact) mass is 717 g/mol. The molecule has 2 aromatic heterocycles. The van der Waals surface area contributed by atoms with E-state index in [1.807, 2.05) is 18.7 Å². The smallest absolute Gasteiger partial charge is 0.391 e. The van der Waals surface area contributed by atoms with E-state index in [1.54, 1.807) is 12.4 Å². The summed E-state index contributed by atoms with van der Waals surface area (Å²) in [6.07, 6.45) is -2.10. The van der Waals surface area contributed by atoms with Crippen LogP contribution >= 0.6 is 0 Å². The minimum absolute atomic E-state index is 0.0236. The van der Waals surface area contributed by atoms with E-state index in [4.69, 9.17) is 4.98 Å². The van der Waals surface area contributed by atoms with E-state index in [0.717, 1.165) is 36.5 Å². The average Bonchev–Trinajstić information content (AvgIpc) is 3.52. The predicted molar refractivity (Wildman–Crippen MR) is 181 cm³/mol. The number of fused-ring (bicyclic) bond motifs is 1. The number of aliphatic hydroxyl groups excluding tert-OH is 2. The molecule has 3 fully saturated rings. The van der Waals surface area contributed by atoms with E-state index in [1.165, 1.54) is 0 Å². The van der Waals surface area contributed by atoms with Crippen LogP contribution in [0.15, 0.2) is 36.7 Å². The van der Waals surface area contributed by atoms with Gasteiger partial charge in [-0.2, -0.15) is 13.2 Å². The maximum Gasteiger partial charge on any atom is 0.416 e. The summed E-state index contributed by atoms with van der Waals surface area (Å²) >= 11 is 0. The van der Waals surface area contributed by atoms with Crippen molar-refractivity contribution in [1.82, 2.24) is 15.0 Å². The lowest BCUT2D eigenvalue weighted by Gasteiger charge is -2.41. The zero-order valence-corrected chi connectivity index (χ0v) is 28.9. The van der Waals surface area contributed by atoms with Gasteiger partial charge in [-0.25, -0.2) is 23.1 Å². The summed E-state index contributed by atoms with van der Waals surface area (Å²) in [6.45, 7) is 6.41. The van der Waals surface area contributed by atoms with Crippen LogP contribution < -0.4 is 9.80 Å². The molecule has 51 heavy (non-hydrogen) atoms. The third-order valence-corrected chi connectivity index (χ3v) is 11.4. The van der Waals surface area contributed by atoms with Crippen LogP contribution in [0.1, 0.15) is 129 Å². The number of pyridine rings is 1. The Balaban J connectivity index is 1.26. The molecule has 0 radical (unpaired) electrons. The zero-order chi connectivity index (χ0) is 36.3. The van der Waals surface area contributed by atoms with Gasteiger partial charge in [-0.15, -0.1) is 0 Å². The van der Waals surface area contributed by atoms with Crippen molar-refractivity contribution in [3.05, 3.63) is 75.9 Å². The van der Waals surface area contributed by atoms with Gasteiger partial charge in [-0.1, -0.05) is 26.0 Å². The SMILES string of the molecule is CC1(C)Cc2nc(C3CCN(c4ncc(N5CC[C@H](O)C5)cn4)CC3)c(C(F)c3ccc(C(F)(F)F)cc3)c(C3CCC(F)(F)CC3)c2C(O)C1. The van der Waals surface area contributed by atoms with Gasteiger partial charge in [-0.05, 0) is 79.5 Å². The summed E-state index contributed by atoms with van der Waals surface area (Å²) in [6, 6.07) is 4.01. The summed E-state index contributed by atoms with van der Waals surface area (Å²) < 4.78 is 86.6. The molecule has 0 spiro atoms. The van der Waals surface area contributed by atoms with Gasteiger partial charge in [0.2, 0.25) is 11.9 Å². The van der Waals surface area contributed by atoms with Gasteiger partial charge in [0.05, 0.1) is 41.5 Å². The molecule has 2 aliphatic carbocycles. The van der Waals surface area contributed by atoms with Crippen LogP contribution in [0.5, 0.6) is 0 Å². The van der Waals surface area contributed by atoms with E-state index >= 15 is 4.39 Å². The molecule has 3 aromatic rings. The molecule has 3 atom stereocenters. The predicted octanol–water partition coefficient (Wildman–Crippen LogP) is 8.20. The van der Waals surface area contributed by atoms with Gasteiger partial charge in [0.15, 0.2) is 6.17 Å². The molecule has 7 rings (SSSR count). The highest BCUT2D eigenvalue weighted by Gasteiger charge is 2.44. The number of aromatic nitrogens is 3. The molecule has 1 aromatic carbocycles. The summed E-state index contributed by atoms with van der Waals surface area (Å²) in [4.78, 5) is 18.4. The molecule has 2 N–H and O–H groups in total. The van der Waals surface area contributed by atoms with Crippen molar-refractivity contribution in [2.45, 2.75) is 114 Å². The van der Waals surface area contributed by atoms with Crippen LogP contribution in [0.2, 0.25) is 0 Å². The van der Waals surface area contributed by atoms with Gasteiger partial charge in [-0.3, -0.25) is 4.98 Å². The first kappa shape index (κ1) is 35.9. The highest BCUT2D eigenvalue weighted by molar-refractivity contribution is 5.52. The van der Waals surface area contributed by atoms with Crippen molar-refractivity contribution in [2.75, 3.05) is 36.0 Å². The molecule has 2 saturated heterocycles. The zero-order valence-electron chi connectivity index (χ0n) is 28.9. The van der Waals surface area contributed by atoms with Crippen LogP contribution in [-0.4, -0.2) is 63.4 Å². The van der Waals surface area contributed by atoms with Crippen molar-refractivity contribution < 1.29 is 36.6 Å². The molecule has 2 aliphatic heterocycles. The van der Waals surface area contributed by atoms with E-state index in [0.29, 0.717) is 80.2 Å². The largest absolute Gasteiger partial charge is 0.416 e. The molecule has 4 aliphatic rings. The fourth-order valence-corrected chi connectivity index (χ4v) is 8.69. The molecule has 7 nitrogen and oxygen atoms in total. The van der Waals surface area contributed by atoms with E-state index in [2.05, 4.69) is 14.9 Å². The number of aliphatic hydroxyl groups is 2. The summed E-state index contributed by atoms with van der Waals surface area (Å²) in [7, 11) is 0. The Kier molecular flexibility index (Phi) is 9.52. The van der Waals surface area contributed by atoms with Crippen molar-refractivity contribution in [1.29, 1.82) is 0 Å². The first-order valence-corrected chi connectivity index (χ1v) is 18.0. The van der Waals surface area contributed by atoms with Gasteiger partial charge in [0, 0.05) is 61.8 Å². The Morgan fingerprint density at radius 2 is 1.47 bits per heavy atom. The van der Waals surface area contributed by atoms with Gasteiger partial charge in [0.25, 0.3) is 0 Å². The number of piperidine rings is 1. The van der Waals surface area contributed by atoms with Crippen molar-refractivity contribution >= 4 is 11.6 Å². The first-order valence-electron chi connectivity index (χ1n) is 18.0. The van der Waals surface area contributed by atoms with Gasteiger partial charge in [0.1, 0.15) is 0 Å². The molecule has 1 saturated carbocycles. The molecule has 0 bridgehead atoms. The van der Waals surface area contributed by atoms with Crippen LogP contribution in [0.25, 0.3) is 0 Å². The highest BCUT2D eigenvalue weighted by atomic mass is 19.4. The third kappa shape index (κ3) is 7.42. The lowest BCUT2D eigenvalue weighted by Crippen LogP contribution is -2.36. The second kappa shape index (κ2) is 13.5. The number of β-amino-alcohol motifs (C(OH)–C–C–N with tert-alkyl or cyclic N) is 1. The van der Waals surface area contributed by atoms with Crippen molar-refractivity contribution in [2.24, 2.45) is 5.41 Å². The molecule has 276 valence electrons. The Bertz CT molecular complexity index is 1700. The minimum Gasteiger partial charge on any atom is -0.391 e. The summed E-state index contributed by atoms with van der Waals surface area (Å²) in [5, 5.41) is 21.5. The third-order valence-electron chi connectivity index (χ3n) is 11.4. The molecular weight excluding hydrogens is 672 g/mol. The Hall–Kier alpha value is -3.45. The fraction of sp³-hybridized carbons (Fsp3) is 0.605. The quantitative estimate of drug-likeness (QED) is 0.249. The number of alkyl halides is 6. The van der Waals surface area contributed by atoms with E-state index in [-0.39, 0.29) is 54.2 Å². The summed E-state index contributed by atoms with van der Waals surface area (Å²) in [5.41, 5.74) is 2.06.